The van der Waals surface area contributed by atoms with E-state index in [4.69, 9.17) is 0 Å². The maximum Gasteiger partial charge on any atom is 0.224 e. The summed E-state index contributed by atoms with van der Waals surface area (Å²) in [6.07, 6.45) is 5.76. The van der Waals surface area contributed by atoms with Crippen LogP contribution in [-0.2, 0) is 11.2 Å². The van der Waals surface area contributed by atoms with Crippen molar-refractivity contribution in [2.75, 3.05) is 11.9 Å². The summed E-state index contributed by atoms with van der Waals surface area (Å²) in [5.41, 5.74) is 2.69. The van der Waals surface area contributed by atoms with Crippen LogP contribution < -0.4 is 10.6 Å². The lowest BCUT2D eigenvalue weighted by molar-refractivity contribution is -0.116. The molecule has 0 aliphatic heterocycles. The molecule has 0 radical (unpaired) electrons. The number of aryl methyl sites for hydroxylation is 1. The van der Waals surface area contributed by atoms with Gasteiger partial charge in [0.05, 0.1) is 6.10 Å². The maximum absolute atomic E-state index is 12.1. The first-order valence-electron chi connectivity index (χ1n) is 11.2. The molecule has 178 valence electrons. The highest BCUT2D eigenvalue weighted by molar-refractivity contribution is 5.90. The van der Waals surface area contributed by atoms with Crippen LogP contribution in [0.4, 0.5) is 5.69 Å². The molecule has 2 unspecified atom stereocenters. The quantitative estimate of drug-likeness (QED) is 0.210. The third-order valence-electron chi connectivity index (χ3n) is 5.39. The predicted molar refractivity (Wildman–Crippen MR) is 132 cm³/mol. The first-order valence-corrected chi connectivity index (χ1v) is 11.2. The van der Waals surface area contributed by atoms with Gasteiger partial charge in [-0.05, 0) is 68.0 Å². The van der Waals surface area contributed by atoms with E-state index in [9.17, 15) is 20.1 Å². The Morgan fingerprint density at radius 2 is 1.72 bits per heavy atom. The molecule has 32 heavy (non-hydrogen) atoms. The molecule has 0 heterocycles. The first-order chi connectivity index (χ1) is 14.9. The number of hydrogen-bond acceptors (Lipinski definition) is 5. The van der Waals surface area contributed by atoms with Crippen LogP contribution in [0, 0.1) is 0 Å². The Balaban J connectivity index is 0.00000512. The van der Waals surface area contributed by atoms with Crippen molar-refractivity contribution in [1.82, 2.24) is 5.32 Å². The van der Waals surface area contributed by atoms with E-state index in [2.05, 4.69) is 29.7 Å². The zero-order valence-electron chi connectivity index (χ0n) is 19.0. The predicted octanol–water partition coefficient (Wildman–Crippen LogP) is 5.07. The number of benzene rings is 2. The van der Waals surface area contributed by atoms with Crippen molar-refractivity contribution in [3.8, 4) is 11.5 Å². The Bertz CT molecular complexity index is 814. The zero-order chi connectivity index (χ0) is 22.6. The summed E-state index contributed by atoms with van der Waals surface area (Å²) in [5.74, 6) is -0.412. The Labute approximate surface area is 197 Å². The van der Waals surface area contributed by atoms with Crippen LogP contribution in [-0.4, -0.2) is 33.8 Å². The molecule has 0 bridgehead atoms. The van der Waals surface area contributed by atoms with Gasteiger partial charge in [-0.3, -0.25) is 4.79 Å². The molecular weight excluding hydrogens is 428 g/mol. The number of carbonyl (C=O) groups excluding carboxylic acids is 1. The molecule has 0 saturated carbocycles. The largest absolute Gasteiger partial charge is 0.504 e. The van der Waals surface area contributed by atoms with E-state index in [1.807, 2.05) is 19.1 Å². The van der Waals surface area contributed by atoms with E-state index in [0.717, 1.165) is 31.4 Å². The molecule has 2 aromatic carbocycles. The van der Waals surface area contributed by atoms with Gasteiger partial charge in [0, 0.05) is 24.7 Å². The van der Waals surface area contributed by atoms with E-state index in [0.29, 0.717) is 18.5 Å². The summed E-state index contributed by atoms with van der Waals surface area (Å²) in [7, 11) is 0. The van der Waals surface area contributed by atoms with Gasteiger partial charge in [0.25, 0.3) is 0 Å². The second kappa shape index (κ2) is 14.7. The Hall–Kier alpha value is -2.28. The standard InChI is InChI=1S/C25H36N2O4.ClH/c1-3-4-8-19-10-13-21(14-11-19)27-25(31)9-6-5-7-18(2)26-17-24(30)20-12-15-22(28)23(29)16-20;/h10-16,18,24,26,28-30H,3-9,17H2,1-2H3,(H,27,31);1H. The van der Waals surface area contributed by atoms with Crippen molar-refractivity contribution in [1.29, 1.82) is 0 Å². The number of rotatable bonds is 13. The van der Waals surface area contributed by atoms with Gasteiger partial charge in [-0.1, -0.05) is 38.0 Å². The molecular formula is C25H37ClN2O4. The lowest BCUT2D eigenvalue weighted by Crippen LogP contribution is -2.30. The minimum absolute atomic E-state index is 0. The molecule has 5 N–H and O–H groups in total. The number of amides is 1. The van der Waals surface area contributed by atoms with Gasteiger partial charge >= 0.3 is 0 Å². The molecule has 0 aliphatic rings. The van der Waals surface area contributed by atoms with Crippen molar-refractivity contribution in [3.63, 3.8) is 0 Å². The monoisotopic (exact) mass is 464 g/mol. The number of aliphatic hydroxyl groups excluding tert-OH is 1. The topological polar surface area (TPSA) is 102 Å². The van der Waals surface area contributed by atoms with E-state index in [1.165, 1.54) is 30.5 Å². The highest BCUT2D eigenvalue weighted by Crippen LogP contribution is 2.27. The van der Waals surface area contributed by atoms with Gasteiger partial charge in [-0.2, -0.15) is 0 Å². The van der Waals surface area contributed by atoms with Gasteiger partial charge in [0.15, 0.2) is 11.5 Å². The van der Waals surface area contributed by atoms with Crippen molar-refractivity contribution in [2.24, 2.45) is 0 Å². The van der Waals surface area contributed by atoms with Gasteiger partial charge in [-0.15, -0.1) is 12.4 Å². The third kappa shape index (κ3) is 9.90. The number of hydrogen-bond donors (Lipinski definition) is 5. The molecule has 0 spiro atoms. The highest BCUT2D eigenvalue weighted by atomic mass is 35.5. The molecule has 2 rings (SSSR count). The summed E-state index contributed by atoms with van der Waals surface area (Å²) < 4.78 is 0. The minimum Gasteiger partial charge on any atom is -0.504 e. The average Bonchev–Trinajstić information content (AvgIpc) is 2.76. The number of nitrogens with one attached hydrogen (secondary N) is 2. The summed E-state index contributed by atoms with van der Waals surface area (Å²) in [6.45, 7) is 4.57. The summed E-state index contributed by atoms with van der Waals surface area (Å²) in [5, 5.41) is 35.3. The molecule has 0 aromatic heterocycles. The van der Waals surface area contributed by atoms with Crippen LogP contribution in [0.15, 0.2) is 42.5 Å². The molecule has 2 atom stereocenters. The summed E-state index contributed by atoms with van der Waals surface area (Å²) in [4.78, 5) is 12.1. The molecule has 0 fully saturated rings. The second-order valence-electron chi connectivity index (χ2n) is 8.17. The van der Waals surface area contributed by atoms with Gasteiger partial charge in [0.2, 0.25) is 5.91 Å². The number of phenols is 2. The van der Waals surface area contributed by atoms with Crippen molar-refractivity contribution in [3.05, 3.63) is 53.6 Å². The van der Waals surface area contributed by atoms with Crippen LogP contribution in [0.25, 0.3) is 0 Å². The van der Waals surface area contributed by atoms with E-state index in [1.54, 1.807) is 6.07 Å². The van der Waals surface area contributed by atoms with Crippen molar-refractivity contribution < 1.29 is 20.1 Å². The van der Waals surface area contributed by atoms with Crippen LogP contribution in [0.5, 0.6) is 11.5 Å². The Morgan fingerprint density at radius 3 is 2.38 bits per heavy atom. The van der Waals surface area contributed by atoms with Crippen molar-refractivity contribution in [2.45, 2.75) is 70.9 Å². The number of phenolic OH excluding ortho intramolecular Hbond substituents is 2. The number of anilines is 1. The lowest BCUT2D eigenvalue weighted by atomic mass is 10.1. The third-order valence-corrected chi connectivity index (χ3v) is 5.39. The van der Waals surface area contributed by atoms with Gasteiger partial charge in [-0.25, -0.2) is 0 Å². The molecule has 0 saturated heterocycles. The number of carbonyl (C=O) groups is 1. The summed E-state index contributed by atoms with van der Waals surface area (Å²) >= 11 is 0. The lowest BCUT2D eigenvalue weighted by Gasteiger charge is -2.17. The fourth-order valence-electron chi connectivity index (χ4n) is 3.38. The van der Waals surface area contributed by atoms with E-state index < -0.39 is 6.10 Å². The fraction of sp³-hybridized carbons (Fsp3) is 0.480. The SMILES string of the molecule is CCCCc1ccc(NC(=O)CCCCC(C)NCC(O)c2ccc(O)c(O)c2)cc1.Cl. The van der Waals surface area contributed by atoms with Crippen LogP contribution in [0.2, 0.25) is 0 Å². The molecule has 2 aromatic rings. The minimum atomic E-state index is -0.770. The zero-order valence-corrected chi connectivity index (χ0v) is 19.8. The molecule has 6 nitrogen and oxygen atoms in total. The van der Waals surface area contributed by atoms with Crippen LogP contribution >= 0.6 is 12.4 Å². The fourth-order valence-corrected chi connectivity index (χ4v) is 3.38. The Kier molecular flexibility index (Phi) is 12.8. The molecule has 0 aliphatic carbocycles. The van der Waals surface area contributed by atoms with Crippen LogP contribution in [0.1, 0.15) is 69.6 Å². The summed E-state index contributed by atoms with van der Waals surface area (Å²) in [6, 6.07) is 12.6. The van der Waals surface area contributed by atoms with E-state index >= 15 is 0 Å². The number of aliphatic hydroxyl groups is 1. The first kappa shape index (κ1) is 27.8. The number of aromatic hydroxyl groups is 2. The molecule has 1 amide bonds. The highest BCUT2D eigenvalue weighted by Gasteiger charge is 2.12. The smallest absolute Gasteiger partial charge is 0.224 e. The van der Waals surface area contributed by atoms with Gasteiger partial charge < -0.3 is 26.0 Å². The average molecular weight is 465 g/mol. The second-order valence-corrected chi connectivity index (χ2v) is 8.17. The Morgan fingerprint density at radius 1 is 1.00 bits per heavy atom. The van der Waals surface area contributed by atoms with Crippen molar-refractivity contribution >= 4 is 24.0 Å². The number of unbranched alkanes of at least 4 members (excludes halogenated alkanes) is 2. The molecule has 7 heteroatoms. The van der Waals surface area contributed by atoms with E-state index in [-0.39, 0.29) is 35.9 Å². The normalized spacial score (nSPS) is 12.6. The van der Waals surface area contributed by atoms with Gasteiger partial charge in [0.1, 0.15) is 0 Å². The van der Waals surface area contributed by atoms with Crippen LogP contribution in [0.3, 0.4) is 0 Å². The number of halogens is 1. The maximum atomic E-state index is 12.1.